The summed E-state index contributed by atoms with van der Waals surface area (Å²) in [5.41, 5.74) is -1.83. The van der Waals surface area contributed by atoms with Crippen LogP contribution in [0.5, 0.6) is 0 Å². The van der Waals surface area contributed by atoms with Crippen LogP contribution in [-0.4, -0.2) is 77.1 Å². The summed E-state index contributed by atoms with van der Waals surface area (Å²) in [6.45, 7) is 7.45. The average Bonchev–Trinajstić information content (AvgIpc) is 2.90. The van der Waals surface area contributed by atoms with Crippen LogP contribution in [0.25, 0.3) is 0 Å². The lowest BCUT2D eigenvalue weighted by molar-refractivity contribution is -0.286. The van der Waals surface area contributed by atoms with Crippen molar-refractivity contribution in [2.45, 2.75) is 132 Å². The van der Waals surface area contributed by atoms with E-state index in [4.69, 9.17) is 0 Å². The second-order valence-electron chi connectivity index (χ2n) is 11.9. The first-order valence-electron chi connectivity index (χ1n) is 12.2. The molecule has 0 radical (unpaired) electrons. The Balaban J connectivity index is 1.59. The minimum Gasteiger partial charge on any atom is -0.393 e. The SMILES string of the molecule is CC1(C)C=C(C(=O)NC2CC3(CCC(O)CC3)N(O)C3(CCC(O)CC3)C2)C(C)(C)N1O. The molecule has 8 nitrogen and oxygen atoms in total. The standard InChI is InChI=1S/C24H41N3O5/c1-21(2)15-19(22(3,4)26(21)31)20(30)25-16-13-23(9-5-17(28)6-10-23)27(32)24(14-16)11-7-18(29)8-12-24/h15-18,28-29,31-32H,5-14H2,1-4H3,(H,25,30). The fourth-order valence-electron chi connectivity index (χ4n) is 6.91. The van der Waals surface area contributed by atoms with Gasteiger partial charge in [0.2, 0.25) is 5.91 Å². The molecule has 0 aromatic rings. The molecule has 4 aliphatic rings. The first-order valence-corrected chi connectivity index (χ1v) is 12.2. The van der Waals surface area contributed by atoms with E-state index in [0.717, 1.165) is 0 Å². The molecule has 1 amide bonds. The van der Waals surface area contributed by atoms with E-state index in [-0.39, 0.29) is 24.2 Å². The third kappa shape index (κ3) is 3.93. The van der Waals surface area contributed by atoms with E-state index in [9.17, 15) is 25.4 Å². The molecule has 8 heteroatoms. The van der Waals surface area contributed by atoms with Crippen LogP contribution in [0.3, 0.4) is 0 Å². The van der Waals surface area contributed by atoms with Gasteiger partial charge in [-0.2, -0.15) is 10.1 Å². The summed E-state index contributed by atoms with van der Waals surface area (Å²) >= 11 is 0. The number of carbonyl (C=O) groups is 1. The van der Waals surface area contributed by atoms with E-state index < -0.39 is 22.2 Å². The summed E-state index contributed by atoms with van der Waals surface area (Å²) in [4.78, 5) is 13.4. The van der Waals surface area contributed by atoms with Gasteiger partial charge in [-0.05, 0) is 91.9 Å². The fraction of sp³-hybridized carbons (Fsp3) is 0.875. The van der Waals surface area contributed by atoms with Crippen LogP contribution in [0.2, 0.25) is 0 Å². The van der Waals surface area contributed by atoms with Gasteiger partial charge in [0.05, 0.1) is 23.3 Å². The molecule has 0 aromatic heterocycles. The highest BCUT2D eigenvalue weighted by molar-refractivity contribution is 5.96. The van der Waals surface area contributed by atoms with Gasteiger partial charge in [-0.1, -0.05) is 6.08 Å². The lowest BCUT2D eigenvalue weighted by Crippen LogP contribution is -2.69. The quantitative estimate of drug-likeness (QED) is 0.438. The van der Waals surface area contributed by atoms with E-state index in [1.165, 1.54) is 5.06 Å². The smallest absolute Gasteiger partial charge is 0.249 e. The highest BCUT2D eigenvalue weighted by Gasteiger charge is 2.56. The zero-order chi connectivity index (χ0) is 23.5. The third-order valence-corrected chi connectivity index (χ3v) is 8.73. The maximum Gasteiger partial charge on any atom is 0.249 e. The van der Waals surface area contributed by atoms with Crippen LogP contribution < -0.4 is 5.32 Å². The summed E-state index contributed by atoms with van der Waals surface area (Å²) < 4.78 is 0. The van der Waals surface area contributed by atoms with Crippen molar-refractivity contribution in [3.8, 4) is 0 Å². The zero-order valence-corrected chi connectivity index (χ0v) is 20.0. The Kier molecular flexibility index (Phi) is 6.05. The number of aliphatic hydroxyl groups is 2. The normalized spacial score (nSPS) is 42.2. The molecule has 32 heavy (non-hydrogen) atoms. The largest absolute Gasteiger partial charge is 0.393 e. The Bertz CT molecular complexity index is 732. The first-order chi connectivity index (χ1) is 14.8. The molecule has 0 unspecified atom stereocenters. The van der Waals surface area contributed by atoms with Crippen molar-refractivity contribution >= 4 is 5.91 Å². The van der Waals surface area contributed by atoms with Crippen molar-refractivity contribution < 1.29 is 25.4 Å². The number of piperidine rings is 1. The first kappa shape index (κ1) is 24.1. The number of hydroxylamine groups is 4. The Morgan fingerprint density at radius 2 is 1.31 bits per heavy atom. The maximum absolute atomic E-state index is 13.4. The molecule has 2 aliphatic carbocycles. The fourth-order valence-corrected chi connectivity index (χ4v) is 6.91. The van der Waals surface area contributed by atoms with Gasteiger partial charge in [0.15, 0.2) is 0 Å². The number of hydrogen-bond acceptors (Lipinski definition) is 7. The molecular formula is C24H41N3O5. The average molecular weight is 452 g/mol. The minimum absolute atomic E-state index is 0.121. The van der Waals surface area contributed by atoms with E-state index in [1.807, 2.05) is 33.8 Å². The number of aliphatic hydroxyl groups excluding tert-OH is 2. The van der Waals surface area contributed by atoms with Crippen LogP contribution in [0.1, 0.15) is 91.9 Å². The Labute approximate surface area is 191 Å². The van der Waals surface area contributed by atoms with Crippen LogP contribution in [0.4, 0.5) is 0 Å². The van der Waals surface area contributed by atoms with Crippen LogP contribution in [0, 0.1) is 0 Å². The van der Waals surface area contributed by atoms with E-state index in [0.29, 0.717) is 69.8 Å². The number of rotatable bonds is 2. The molecule has 5 N–H and O–H groups in total. The second-order valence-corrected chi connectivity index (χ2v) is 11.9. The Hall–Kier alpha value is -1.03. The summed E-state index contributed by atoms with van der Waals surface area (Å²) in [6.07, 6.45) is 7.74. The van der Waals surface area contributed by atoms with Crippen molar-refractivity contribution in [2.24, 2.45) is 0 Å². The number of hydrogen-bond donors (Lipinski definition) is 5. The van der Waals surface area contributed by atoms with Gasteiger partial charge in [0.25, 0.3) is 0 Å². The Morgan fingerprint density at radius 1 is 0.875 bits per heavy atom. The number of nitrogens with zero attached hydrogens (tertiary/aromatic N) is 2. The summed E-state index contributed by atoms with van der Waals surface area (Å²) in [5.74, 6) is -0.173. The summed E-state index contributed by atoms with van der Waals surface area (Å²) in [5, 5.41) is 48.4. The number of nitrogens with one attached hydrogen (secondary N) is 1. The predicted octanol–water partition coefficient (Wildman–Crippen LogP) is 2.49. The molecule has 2 spiro atoms. The molecule has 182 valence electrons. The highest BCUT2D eigenvalue weighted by atomic mass is 16.5. The van der Waals surface area contributed by atoms with E-state index in [2.05, 4.69) is 5.32 Å². The number of carbonyl (C=O) groups excluding carboxylic acids is 1. The lowest BCUT2D eigenvalue weighted by Gasteiger charge is -2.60. The minimum atomic E-state index is -0.801. The maximum atomic E-state index is 13.4. The van der Waals surface area contributed by atoms with Crippen molar-refractivity contribution in [3.63, 3.8) is 0 Å². The second kappa shape index (κ2) is 8.03. The van der Waals surface area contributed by atoms with Crippen LogP contribution in [0.15, 0.2) is 11.6 Å². The lowest BCUT2D eigenvalue weighted by atomic mass is 9.64. The van der Waals surface area contributed by atoms with Gasteiger partial charge in [-0.15, -0.1) is 0 Å². The van der Waals surface area contributed by atoms with Crippen molar-refractivity contribution in [1.29, 1.82) is 0 Å². The molecule has 1 saturated heterocycles. The topological polar surface area (TPSA) is 116 Å². The highest BCUT2D eigenvalue weighted by Crippen LogP contribution is 2.50. The third-order valence-electron chi connectivity index (χ3n) is 8.73. The molecule has 4 rings (SSSR count). The zero-order valence-electron chi connectivity index (χ0n) is 20.0. The van der Waals surface area contributed by atoms with E-state index in [1.54, 1.807) is 5.06 Å². The van der Waals surface area contributed by atoms with Gasteiger partial charge in [-0.3, -0.25) is 4.79 Å². The van der Waals surface area contributed by atoms with Crippen molar-refractivity contribution in [1.82, 2.24) is 15.4 Å². The molecule has 2 aliphatic heterocycles. The molecule has 0 atom stereocenters. The molecule has 2 heterocycles. The van der Waals surface area contributed by atoms with Gasteiger partial charge in [-0.25, -0.2) is 0 Å². The molecular weight excluding hydrogens is 410 g/mol. The van der Waals surface area contributed by atoms with Crippen LogP contribution >= 0.6 is 0 Å². The van der Waals surface area contributed by atoms with Crippen molar-refractivity contribution in [3.05, 3.63) is 11.6 Å². The van der Waals surface area contributed by atoms with Crippen LogP contribution in [-0.2, 0) is 4.79 Å². The molecule has 0 aromatic carbocycles. The molecule has 3 fully saturated rings. The molecule has 0 bridgehead atoms. The predicted molar refractivity (Wildman–Crippen MR) is 119 cm³/mol. The Morgan fingerprint density at radius 3 is 1.69 bits per heavy atom. The number of amides is 1. The van der Waals surface area contributed by atoms with Gasteiger partial charge in [0.1, 0.15) is 0 Å². The molecule has 2 saturated carbocycles. The van der Waals surface area contributed by atoms with Gasteiger partial charge < -0.3 is 25.9 Å². The van der Waals surface area contributed by atoms with Gasteiger partial charge in [0, 0.05) is 22.7 Å². The van der Waals surface area contributed by atoms with E-state index >= 15 is 0 Å². The summed E-state index contributed by atoms with van der Waals surface area (Å²) in [7, 11) is 0. The summed E-state index contributed by atoms with van der Waals surface area (Å²) in [6, 6.07) is -0.121. The van der Waals surface area contributed by atoms with Gasteiger partial charge >= 0.3 is 0 Å². The monoisotopic (exact) mass is 451 g/mol. The van der Waals surface area contributed by atoms with Crippen molar-refractivity contribution in [2.75, 3.05) is 0 Å².